The van der Waals surface area contributed by atoms with E-state index >= 15 is 0 Å². The van der Waals surface area contributed by atoms with Gasteiger partial charge in [-0.3, -0.25) is 0 Å². The summed E-state index contributed by atoms with van der Waals surface area (Å²) in [6.07, 6.45) is 0. The van der Waals surface area contributed by atoms with Gasteiger partial charge >= 0.3 is 0 Å². The van der Waals surface area contributed by atoms with E-state index in [0.29, 0.717) is 50.0 Å². The van der Waals surface area contributed by atoms with Gasteiger partial charge in [0.25, 0.3) is 6.71 Å². The van der Waals surface area contributed by atoms with Crippen LogP contribution < -0.4 is 26.2 Å². The smallest absolute Gasteiger partial charge is 0.252 e. The fraction of sp³-hybridized carbons (Fsp3) is 0.196. The molecule has 0 unspecified atom stereocenters. The Labute approximate surface area is 655 Å². The lowest BCUT2D eigenvalue weighted by Gasteiger charge is -2.46. The number of para-hydroxylation sites is 3. The van der Waals surface area contributed by atoms with E-state index in [1.165, 1.54) is 22.3 Å². The molecule has 0 radical (unpaired) electrons. The third kappa shape index (κ3) is 12.6. The zero-order chi connectivity index (χ0) is 80.7. The molecular formula is C102H88BN7. The summed E-state index contributed by atoms with van der Waals surface area (Å²) in [4.78, 5) is 12.6. The molecule has 0 saturated heterocycles. The zero-order valence-corrected chi connectivity index (χ0v) is 65.2. The molecule has 110 heavy (non-hydrogen) atoms. The third-order valence-electron chi connectivity index (χ3n) is 22.4. The van der Waals surface area contributed by atoms with Crippen LogP contribution in [-0.2, 0) is 27.1 Å². The predicted octanol–water partition coefficient (Wildman–Crippen LogP) is 26.2. The fourth-order valence-corrected chi connectivity index (χ4v) is 16.1. The molecule has 0 saturated carbocycles. The molecular weight excluding hydrogens is 1330 g/mol. The number of benzene rings is 13. The van der Waals surface area contributed by atoms with Gasteiger partial charge < -0.3 is 14.4 Å². The molecule has 8 heteroatoms. The molecule has 2 aliphatic heterocycles. The number of hydrogen-bond acceptors (Lipinski definition) is 4. The minimum absolute atomic E-state index is 0.140. The summed E-state index contributed by atoms with van der Waals surface area (Å²) in [5.41, 5.74) is 27.3. The molecule has 0 bridgehead atoms. The van der Waals surface area contributed by atoms with Crippen LogP contribution in [0.5, 0.6) is 0 Å². The Hall–Kier alpha value is -12.7. The Bertz CT molecular complexity index is 5990. The maximum Gasteiger partial charge on any atom is 0.252 e. The maximum absolute atomic E-state index is 10.5. The van der Waals surface area contributed by atoms with E-state index in [-0.39, 0.29) is 51.2 Å². The second-order valence-corrected chi connectivity index (χ2v) is 34.8. The Balaban J connectivity index is 1.16. The molecule has 0 amide bonds. The van der Waals surface area contributed by atoms with Crippen molar-refractivity contribution in [2.75, 3.05) is 9.80 Å². The van der Waals surface area contributed by atoms with Crippen LogP contribution in [0.3, 0.4) is 0 Å². The van der Waals surface area contributed by atoms with Crippen LogP contribution in [0.25, 0.3) is 104 Å². The van der Waals surface area contributed by atoms with Gasteiger partial charge in [-0.15, -0.1) is 0 Å². The number of rotatable bonds is 9. The van der Waals surface area contributed by atoms with Crippen LogP contribution in [0.2, 0.25) is 0 Å². The summed E-state index contributed by atoms with van der Waals surface area (Å²) in [5.74, 6) is 0. The number of fused-ring (bicyclic) bond motifs is 7. The molecule has 3 heterocycles. The van der Waals surface area contributed by atoms with Gasteiger partial charge in [-0.05, 0) is 182 Å². The third-order valence-corrected chi connectivity index (χ3v) is 22.4. The second kappa shape index (κ2) is 26.6. The van der Waals surface area contributed by atoms with Gasteiger partial charge in [-0.25, -0.2) is 9.69 Å². The molecule has 534 valence electrons. The van der Waals surface area contributed by atoms with Gasteiger partial charge in [-0.2, -0.15) is 10.5 Å². The summed E-state index contributed by atoms with van der Waals surface area (Å²) < 4.78 is 41.3. The first-order valence-corrected chi connectivity index (χ1v) is 37.8. The van der Waals surface area contributed by atoms with Crippen LogP contribution in [-0.4, -0.2) is 11.3 Å². The van der Waals surface area contributed by atoms with Crippen LogP contribution in [0.4, 0.5) is 45.5 Å². The van der Waals surface area contributed by atoms with Gasteiger partial charge in [-0.1, -0.05) is 298 Å². The Morgan fingerprint density at radius 2 is 0.709 bits per heavy atom. The van der Waals surface area contributed by atoms with Crippen LogP contribution in [0.1, 0.15) is 148 Å². The van der Waals surface area contributed by atoms with Gasteiger partial charge in [0.1, 0.15) is 0 Å². The summed E-state index contributed by atoms with van der Waals surface area (Å²) in [6, 6.07) is 86.7. The van der Waals surface area contributed by atoms with E-state index in [9.17, 15) is 16.0 Å². The molecule has 7 nitrogen and oxygen atoms in total. The highest BCUT2D eigenvalue weighted by atomic mass is 15.2. The molecule has 0 fully saturated rings. The Kier molecular flexibility index (Phi) is 16.1. The van der Waals surface area contributed by atoms with Crippen molar-refractivity contribution in [2.45, 2.75) is 131 Å². The van der Waals surface area contributed by atoms with Gasteiger partial charge in [0.15, 0.2) is 11.4 Å². The minimum atomic E-state index is -0.557. The normalized spacial score (nSPS) is 13.3. The van der Waals surface area contributed by atoms with E-state index in [4.69, 9.17) is 13.1 Å². The quantitative estimate of drug-likeness (QED) is 0.107. The van der Waals surface area contributed by atoms with E-state index in [1.54, 1.807) is 0 Å². The average molecular weight is 1430 g/mol. The molecule has 0 aliphatic carbocycles. The maximum atomic E-state index is 10.5. The molecule has 0 atom stereocenters. The summed E-state index contributed by atoms with van der Waals surface area (Å²) in [7, 11) is 0. The van der Waals surface area contributed by atoms with Crippen LogP contribution in [0, 0.1) is 35.8 Å². The topological polar surface area (TPSA) is 67.7 Å². The highest BCUT2D eigenvalue weighted by Crippen LogP contribution is 2.55. The minimum Gasteiger partial charge on any atom is -0.310 e. The first-order chi connectivity index (χ1) is 54.1. The van der Waals surface area contributed by atoms with Crippen molar-refractivity contribution < 1.29 is 5.48 Å². The van der Waals surface area contributed by atoms with Crippen LogP contribution in [0.15, 0.2) is 261 Å². The van der Waals surface area contributed by atoms with Crippen molar-refractivity contribution >= 4 is 90.4 Å². The molecule has 16 rings (SSSR count). The molecule has 14 aromatic rings. The molecule has 13 aromatic carbocycles. The lowest BCUT2D eigenvalue weighted by molar-refractivity contribution is 0.568. The second-order valence-electron chi connectivity index (χ2n) is 34.8. The van der Waals surface area contributed by atoms with E-state index in [0.717, 1.165) is 123 Å². The highest BCUT2D eigenvalue weighted by Gasteiger charge is 2.46. The molecule has 0 N–H and O–H groups in total. The summed E-state index contributed by atoms with van der Waals surface area (Å²) >= 11 is 0. The highest BCUT2D eigenvalue weighted by molar-refractivity contribution is 7.00. The van der Waals surface area contributed by atoms with Crippen molar-refractivity contribution in [1.82, 2.24) is 4.57 Å². The standard InChI is InChI=1S/C102H88BN7/c1-98(2,3)73-42-49-90-86(58-73)85-22-18-19-27-89(85)108(90)80-59-93-95-94(60-80)110(97-83(67-36-43-78(106-16)44-37-67)25-21-26-84(97)68-38-45-79(107-17)46-39-68)92-48-41-70(72-52-76(101(10,11)12)57-77(53-72)102(13,14)15)55-88(92)103(95)87-54-69(71-50-74(99(4,5)6)56-75(51-71)100(7,8)9)40-47-91(87)109(93)96-81(65-32-28-63(61-104)29-33-65)23-20-24-82(96)66-34-30-64(62-105)31-35-66/h18-60H,1-15H3/i18D,19D,22D,27D. The van der Waals surface area contributed by atoms with E-state index < -0.39 is 6.71 Å². The fourth-order valence-electron chi connectivity index (χ4n) is 16.1. The monoisotopic (exact) mass is 1430 g/mol. The van der Waals surface area contributed by atoms with Crippen molar-refractivity contribution in [3.05, 3.63) is 323 Å². The van der Waals surface area contributed by atoms with Gasteiger partial charge in [0, 0.05) is 55.8 Å². The molecule has 2 aliphatic rings. The SMILES string of the molecule is [2H]c1c([2H])c([2H])c2c(c1[2H])c1cc(C(C)(C)C)ccc1n2-c1cc2c3c(c1)N(c1c(-c4ccc([N+]#[C-])cc4)cccc1-c1ccc([N+]#[C-])cc1)c1ccc(-c4cc(C(C)(C)C)cc(C(C)(C)C)c4)cc1B3c1cc(-c3cc(C(C)(C)C)cc(C(C)(C)C)c3)ccc1N2c1c(-c2ccc(C#N)cc2)cccc1-c1ccc(C#N)cc1. The van der Waals surface area contributed by atoms with Crippen LogP contribution >= 0.6 is 0 Å². The van der Waals surface area contributed by atoms with Crippen molar-refractivity contribution in [2.24, 2.45) is 0 Å². The molecule has 1 aromatic heterocycles. The number of aromatic nitrogens is 1. The van der Waals surface area contributed by atoms with Crippen molar-refractivity contribution in [1.29, 1.82) is 10.5 Å². The average Bonchev–Trinajstić information content (AvgIpc) is 0.925. The van der Waals surface area contributed by atoms with Gasteiger partial charge in [0.2, 0.25) is 0 Å². The number of nitriles is 2. The Morgan fingerprint density at radius 3 is 1.07 bits per heavy atom. The van der Waals surface area contributed by atoms with Gasteiger partial charge in [0.05, 0.1) is 70.0 Å². The number of anilines is 6. The molecule has 0 spiro atoms. The number of hydrogen-bond donors (Lipinski definition) is 0. The summed E-state index contributed by atoms with van der Waals surface area (Å²) in [5, 5.41) is 22.0. The lowest BCUT2D eigenvalue weighted by atomic mass is 9.33. The predicted molar refractivity (Wildman–Crippen MR) is 463 cm³/mol. The Morgan fingerprint density at radius 1 is 0.345 bits per heavy atom. The summed E-state index contributed by atoms with van der Waals surface area (Å²) in [6.45, 7) is 49.7. The lowest BCUT2D eigenvalue weighted by Crippen LogP contribution is -2.61. The van der Waals surface area contributed by atoms with E-state index in [2.05, 4.69) is 280 Å². The first-order valence-electron chi connectivity index (χ1n) is 39.8. The first kappa shape index (κ1) is 66.7. The van der Waals surface area contributed by atoms with Crippen molar-refractivity contribution in [3.8, 4) is 84.6 Å². The zero-order valence-electron chi connectivity index (χ0n) is 69.2. The van der Waals surface area contributed by atoms with E-state index in [1.807, 2.05) is 97.1 Å². The number of nitrogens with zero attached hydrogens (tertiary/aromatic N) is 7. The van der Waals surface area contributed by atoms with Crippen molar-refractivity contribution in [3.63, 3.8) is 0 Å². The largest absolute Gasteiger partial charge is 0.310 e.